The number of aromatic amines is 1. The summed E-state index contributed by atoms with van der Waals surface area (Å²) in [6.07, 6.45) is 6.05. The van der Waals surface area contributed by atoms with Crippen LogP contribution in [0.15, 0.2) is 29.1 Å². The molecule has 2 aromatic rings. The number of imidazole rings is 1. The molecule has 1 saturated heterocycles. The molecule has 0 saturated carbocycles. The molecule has 0 spiro atoms. The largest absolute Gasteiger partial charge is 0.326 e. The highest BCUT2D eigenvalue weighted by Gasteiger charge is 2.22. The average molecular weight is 287 g/mol. The first-order chi connectivity index (χ1) is 10.3. The molecule has 1 aromatic heterocycles. The normalized spacial score (nSPS) is 17.6. The molecule has 0 aliphatic carbocycles. The van der Waals surface area contributed by atoms with Gasteiger partial charge in [-0.3, -0.25) is 4.57 Å². The number of nitrogens with zero attached hydrogens (tertiary/aromatic N) is 2. The van der Waals surface area contributed by atoms with Crippen LogP contribution in [-0.2, 0) is 0 Å². The third kappa shape index (κ3) is 3.05. The molecular formula is C17H25N3O. The van der Waals surface area contributed by atoms with E-state index in [-0.39, 0.29) is 5.69 Å². The lowest BCUT2D eigenvalue weighted by Crippen LogP contribution is -2.37. The minimum Gasteiger partial charge on any atom is -0.306 e. The molecule has 1 fully saturated rings. The van der Waals surface area contributed by atoms with E-state index in [2.05, 4.69) is 16.8 Å². The lowest BCUT2D eigenvalue weighted by Gasteiger charge is -2.32. The van der Waals surface area contributed by atoms with Gasteiger partial charge in [0.1, 0.15) is 0 Å². The molecule has 2 heterocycles. The summed E-state index contributed by atoms with van der Waals surface area (Å²) in [7, 11) is 0. The number of aromatic nitrogens is 2. The molecule has 1 aromatic carbocycles. The first-order valence-electron chi connectivity index (χ1n) is 8.21. The minimum absolute atomic E-state index is 0.0423. The Morgan fingerprint density at radius 3 is 2.71 bits per heavy atom. The maximum absolute atomic E-state index is 12.2. The molecule has 1 aliphatic rings. The number of likely N-dealkylation sites (tertiary alicyclic amines) is 1. The van der Waals surface area contributed by atoms with Crippen LogP contribution in [0.2, 0.25) is 0 Å². The van der Waals surface area contributed by atoms with Gasteiger partial charge >= 0.3 is 5.69 Å². The van der Waals surface area contributed by atoms with Crippen LogP contribution in [0, 0.1) is 0 Å². The van der Waals surface area contributed by atoms with Gasteiger partial charge in [0, 0.05) is 19.1 Å². The second kappa shape index (κ2) is 6.48. The van der Waals surface area contributed by atoms with E-state index in [0.717, 1.165) is 37.0 Å². The Kier molecular flexibility index (Phi) is 4.44. The van der Waals surface area contributed by atoms with E-state index in [1.54, 1.807) is 0 Å². The Bertz CT molecular complexity index is 635. The summed E-state index contributed by atoms with van der Waals surface area (Å²) in [5.41, 5.74) is 2.04. The Balaban J connectivity index is 1.68. The smallest absolute Gasteiger partial charge is 0.306 e. The van der Waals surface area contributed by atoms with E-state index in [0.29, 0.717) is 6.04 Å². The number of para-hydroxylation sites is 2. The Hall–Kier alpha value is -1.55. The zero-order chi connectivity index (χ0) is 14.7. The molecule has 0 atom stereocenters. The third-order valence-electron chi connectivity index (χ3n) is 4.62. The summed E-state index contributed by atoms with van der Waals surface area (Å²) in [4.78, 5) is 17.7. The first-order valence-corrected chi connectivity index (χ1v) is 8.21. The number of H-pyrrole nitrogens is 1. The number of fused-ring (bicyclic) bond motifs is 1. The molecule has 0 unspecified atom stereocenters. The maximum Gasteiger partial charge on any atom is 0.326 e. The van der Waals surface area contributed by atoms with Crippen LogP contribution in [0.5, 0.6) is 0 Å². The van der Waals surface area contributed by atoms with E-state index in [1.165, 1.54) is 25.8 Å². The molecule has 3 rings (SSSR count). The van der Waals surface area contributed by atoms with Gasteiger partial charge in [0.05, 0.1) is 11.0 Å². The summed E-state index contributed by atoms with van der Waals surface area (Å²) in [5.74, 6) is 0. The third-order valence-corrected chi connectivity index (χ3v) is 4.62. The van der Waals surface area contributed by atoms with E-state index in [4.69, 9.17) is 0 Å². The predicted octanol–water partition coefficient (Wildman–Crippen LogP) is 3.16. The van der Waals surface area contributed by atoms with Crippen LogP contribution in [-0.4, -0.2) is 34.1 Å². The maximum atomic E-state index is 12.2. The van der Waals surface area contributed by atoms with Gasteiger partial charge in [0.2, 0.25) is 0 Å². The van der Waals surface area contributed by atoms with E-state index in [9.17, 15) is 4.79 Å². The fraction of sp³-hybridized carbons (Fsp3) is 0.588. The molecular weight excluding hydrogens is 262 g/mol. The quantitative estimate of drug-likeness (QED) is 0.858. The number of hydrogen-bond acceptors (Lipinski definition) is 2. The van der Waals surface area contributed by atoms with Crippen molar-refractivity contribution < 1.29 is 0 Å². The number of benzene rings is 1. The van der Waals surface area contributed by atoms with E-state index < -0.39 is 0 Å². The number of hydrogen-bond donors (Lipinski definition) is 1. The van der Waals surface area contributed by atoms with Gasteiger partial charge in [-0.2, -0.15) is 0 Å². The van der Waals surface area contributed by atoms with Crippen LogP contribution in [0.25, 0.3) is 11.0 Å². The van der Waals surface area contributed by atoms with Gasteiger partial charge in [0.15, 0.2) is 0 Å². The van der Waals surface area contributed by atoms with Crippen LogP contribution in [0.3, 0.4) is 0 Å². The Labute approximate surface area is 125 Å². The number of unbranched alkanes of at least 4 members (excludes halogenated alkanes) is 2. The fourth-order valence-electron chi connectivity index (χ4n) is 3.42. The zero-order valence-electron chi connectivity index (χ0n) is 12.8. The molecule has 4 heteroatoms. The molecule has 21 heavy (non-hydrogen) atoms. The zero-order valence-corrected chi connectivity index (χ0v) is 12.8. The van der Waals surface area contributed by atoms with Gasteiger partial charge in [-0.25, -0.2) is 4.79 Å². The van der Waals surface area contributed by atoms with Crippen molar-refractivity contribution >= 4 is 11.0 Å². The molecule has 0 radical (unpaired) electrons. The number of piperidine rings is 1. The van der Waals surface area contributed by atoms with Gasteiger partial charge in [-0.15, -0.1) is 0 Å². The lowest BCUT2D eigenvalue weighted by atomic mass is 10.0. The van der Waals surface area contributed by atoms with Crippen LogP contribution < -0.4 is 5.69 Å². The average Bonchev–Trinajstić information content (AvgIpc) is 2.84. The highest BCUT2D eigenvalue weighted by atomic mass is 16.1. The van der Waals surface area contributed by atoms with Crippen molar-refractivity contribution in [2.45, 2.75) is 45.1 Å². The summed E-state index contributed by atoms with van der Waals surface area (Å²) >= 11 is 0. The van der Waals surface area contributed by atoms with Crippen molar-refractivity contribution in [1.82, 2.24) is 14.5 Å². The van der Waals surface area contributed by atoms with Gasteiger partial charge < -0.3 is 9.88 Å². The standard InChI is InChI=1S/C17H25N3O/c1-2-3-6-11-19-12-9-14(10-13-19)20-16-8-5-4-7-15(16)18-17(20)21/h4-5,7-8,14H,2-3,6,9-13H2,1H3,(H,18,21). The van der Waals surface area contributed by atoms with Gasteiger partial charge in [0.25, 0.3) is 0 Å². The number of rotatable bonds is 5. The van der Waals surface area contributed by atoms with E-state index in [1.807, 2.05) is 28.8 Å². The summed E-state index contributed by atoms with van der Waals surface area (Å²) in [5, 5.41) is 0. The highest BCUT2D eigenvalue weighted by molar-refractivity contribution is 5.75. The summed E-state index contributed by atoms with van der Waals surface area (Å²) in [6.45, 7) is 5.68. The topological polar surface area (TPSA) is 41.0 Å². The molecule has 0 amide bonds. The lowest BCUT2D eigenvalue weighted by molar-refractivity contribution is 0.184. The second-order valence-electron chi connectivity index (χ2n) is 6.10. The molecule has 114 valence electrons. The molecule has 0 bridgehead atoms. The number of nitrogens with one attached hydrogen (secondary N) is 1. The van der Waals surface area contributed by atoms with Crippen LogP contribution in [0.1, 0.15) is 45.1 Å². The molecule has 1 N–H and O–H groups in total. The van der Waals surface area contributed by atoms with Crippen LogP contribution in [0.4, 0.5) is 0 Å². The van der Waals surface area contributed by atoms with Crippen molar-refractivity contribution in [3.8, 4) is 0 Å². The Morgan fingerprint density at radius 1 is 1.19 bits per heavy atom. The van der Waals surface area contributed by atoms with E-state index >= 15 is 0 Å². The van der Waals surface area contributed by atoms with Crippen LogP contribution >= 0.6 is 0 Å². The van der Waals surface area contributed by atoms with Crippen molar-refractivity contribution in [1.29, 1.82) is 0 Å². The van der Waals surface area contributed by atoms with Crippen molar-refractivity contribution in [2.75, 3.05) is 19.6 Å². The predicted molar refractivity (Wildman–Crippen MR) is 86.8 cm³/mol. The summed E-state index contributed by atoms with van der Waals surface area (Å²) in [6, 6.07) is 8.34. The van der Waals surface area contributed by atoms with Gasteiger partial charge in [-0.1, -0.05) is 31.9 Å². The first kappa shape index (κ1) is 14.4. The second-order valence-corrected chi connectivity index (χ2v) is 6.10. The molecule has 1 aliphatic heterocycles. The monoisotopic (exact) mass is 287 g/mol. The minimum atomic E-state index is 0.0423. The highest BCUT2D eigenvalue weighted by Crippen LogP contribution is 2.24. The van der Waals surface area contributed by atoms with Crippen molar-refractivity contribution in [2.24, 2.45) is 0 Å². The summed E-state index contributed by atoms with van der Waals surface area (Å²) < 4.78 is 1.97. The van der Waals surface area contributed by atoms with Crippen molar-refractivity contribution in [3.05, 3.63) is 34.7 Å². The molecule has 4 nitrogen and oxygen atoms in total. The van der Waals surface area contributed by atoms with Gasteiger partial charge in [-0.05, 0) is 37.9 Å². The fourth-order valence-corrected chi connectivity index (χ4v) is 3.42. The SMILES string of the molecule is CCCCCN1CCC(n2c(=O)[nH]c3ccccc32)CC1. The van der Waals surface area contributed by atoms with Crippen molar-refractivity contribution in [3.63, 3.8) is 0 Å². The Morgan fingerprint density at radius 2 is 1.95 bits per heavy atom.